The highest BCUT2D eigenvalue weighted by Crippen LogP contribution is 2.33. The molecule has 0 aliphatic carbocycles. The van der Waals surface area contributed by atoms with E-state index in [0.29, 0.717) is 28.7 Å². The summed E-state index contributed by atoms with van der Waals surface area (Å²) in [6.45, 7) is 0.149. The molecule has 0 radical (unpaired) electrons. The first-order valence-electron chi connectivity index (χ1n) is 9.52. The summed E-state index contributed by atoms with van der Waals surface area (Å²) in [5, 5.41) is 0.455. The summed E-state index contributed by atoms with van der Waals surface area (Å²) in [7, 11) is -1.33. The maximum absolute atomic E-state index is 13.1. The van der Waals surface area contributed by atoms with Gasteiger partial charge >= 0.3 is 0 Å². The standard InChI is InChI=1S/C21H21N3O4S2/c1-24(12-19-22-17-8-4-2-6-15(17)20(25)23-19)21(26)16-7-3-5-9-18(16)29-14-10-11-30(27,28)13-14/h2-9,14H,10-13H2,1H3,(H,22,23,25)/t14-/m1/s1. The van der Waals surface area contributed by atoms with Crippen molar-refractivity contribution in [2.24, 2.45) is 0 Å². The van der Waals surface area contributed by atoms with Gasteiger partial charge in [-0.2, -0.15) is 0 Å². The number of benzene rings is 2. The Kier molecular flexibility index (Phi) is 5.66. The van der Waals surface area contributed by atoms with Crippen molar-refractivity contribution in [3.05, 3.63) is 70.3 Å². The largest absolute Gasteiger partial charge is 0.334 e. The van der Waals surface area contributed by atoms with Gasteiger partial charge in [-0.3, -0.25) is 9.59 Å². The van der Waals surface area contributed by atoms with Crippen LogP contribution in [0.25, 0.3) is 10.9 Å². The Bertz CT molecular complexity index is 1270. The Labute approximate surface area is 178 Å². The lowest BCUT2D eigenvalue weighted by Gasteiger charge is -2.19. The number of carbonyl (C=O) groups is 1. The van der Waals surface area contributed by atoms with Crippen LogP contribution < -0.4 is 5.56 Å². The van der Waals surface area contributed by atoms with Gasteiger partial charge in [0.15, 0.2) is 9.84 Å². The van der Waals surface area contributed by atoms with Gasteiger partial charge in [0.25, 0.3) is 11.5 Å². The Hall–Kier alpha value is -2.65. The average Bonchev–Trinajstić information content (AvgIpc) is 3.06. The molecule has 4 rings (SSSR count). The lowest BCUT2D eigenvalue weighted by molar-refractivity contribution is 0.0778. The molecule has 156 valence electrons. The Morgan fingerprint density at radius 3 is 2.70 bits per heavy atom. The fraction of sp³-hybridized carbons (Fsp3) is 0.286. The molecule has 1 aliphatic heterocycles. The quantitative estimate of drug-likeness (QED) is 0.650. The molecule has 0 saturated carbocycles. The van der Waals surface area contributed by atoms with E-state index in [1.165, 1.54) is 16.7 Å². The first-order chi connectivity index (χ1) is 14.3. The van der Waals surface area contributed by atoms with E-state index in [2.05, 4.69) is 9.97 Å². The summed E-state index contributed by atoms with van der Waals surface area (Å²) < 4.78 is 23.5. The first-order valence-corrected chi connectivity index (χ1v) is 12.2. The molecule has 1 amide bonds. The lowest BCUT2D eigenvalue weighted by Crippen LogP contribution is -2.29. The molecule has 30 heavy (non-hydrogen) atoms. The molecule has 1 aromatic heterocycles. The van der Waals surface area contributed by atoms with Gasteiger partial charge < -0.3 is 9.88 Å². The predicted molar refractivity (Wildman–Crippen MR) is 118 cm³/mol. The van der Waals surface area contributed by atoms with Crippen molar-refractivity contribution in [2.45, 2.75) is 23.1 Å². The molecule has 1 N–H and O–H groups in total. The van der Waals surface area contributed by atoms with Gasteiger partial charge in [-0.1, -0.05) is 24.3 Å². The molecule has 9 heteroatoms. The summed E-state index contributed by atoms with van der Waals surface area (Å²) in [5.74, 6) is 0.524. The number of nitrogens with zero attached hydrogens (tertiary/aromatic N) is 2. The highest BCUT2D eigenvalue weighted by atomic mass is 32.2. The molecule has 1 saturated heterocycles. The number of hydrogen-bond donors (Lipinski definition) is 1. The monoisotopic (exact) mass is 443 g/mol. The third kappa shape index (κ3) is 4.41. The van der Waals surface area contributed by atoms with Gasteiger partial charge in [-0.15, -0.1) is 11.8 Å². The van der Waals surface area contributed by atoms with E-state index in [4.69, 9.17) is 0 Å². The molecular formula is C21H21N3O4S2. The maximum Gasteiger partial charge on any atom is 0.258 e. The van der Waals surface area contributed by atoms with Crippen LogP contribution in [0, 0.1) is 0 Å². The number of aromatic nitrogens is 2. The number of para-hydroxylation sites is 1. The second-order valence-electron chi connectivity index (χ2n) is 7.33. The molecule has 1 fully saturated rings. The summed E-state index contributed by atoms with van der Waals surface area (Å²) in [6, 6.07) is 14.3. The normalized spacial score (nSPS) is 17.8. The van der Waals surface area contributed by atoms with Gasteiger partial charge in [0.2, 0.25) is 0 Å². The Morgan fingerprint density at radius 1 is 1.20 bits per heavy atom. The van der Waals surface area contributed by atoms with E-state index in [1.54, 1.807) is 37.4 Å². The number of sulfone groups is 1. The minimum Gasteiger partial charge on any atom is -0.334 e. The minimum absolute atomic E-state index is 0.0484. The maximum atomic E-state index is 13.1. The molecule has 2 aromatic carbocycles. The van der Waals surface area contributed by atoms with Crippen LogP contribution in [0.5, 0.6) is 0 Å². The van der Waals surface area contributed by atoms with Crippen molar-refractivity contribution in [1.82, 2.24) is 14.9 Å². The number of thioether (sulfide) groups is 1. The third-order valence-electron chi connectivity index (χ3n) is 5.00. The zero-order chi connectivity index (χ0) is 21.3. The molecule has 1 atom stereocenters. The van der Waals surface area contributed by atoms with Crippen LogP contribution in [0.3, 0.4) is 0 Å². The minimum atomic E-state index is -2.99. The van der Waals surface area contributed by atoms with E-state index in [-0.39, 0.29) is 34.8 Å². The zero-order valence-corrected chi connectivity index (χ0v) is 18.0. The van der Waals surface area contributed by atoms with Crippen molar-refractivity contribution in [1.29, 1.82) is 0 Å². The second kappa shape index (κ2) is 8.23. The van der Waals surface area contributed by atoms with Crippen LogP contribution in [0.4, 0.5) is 0 Å². The third-order valence-corrected chi connectivity index (χ3v) is 8.32. The first kappa shape index (κ1) is 20.6. The van der Waals surface area contributed by atoms with Gasteiger partial charge in [0.1, 0.15) is 5.82 Å². The van der Waals surface area contributed by atoms with E-state index in [1.807, 2.05) is 18.2 Å². The van der Waals surface area contributed by atoms with Crippen LogP contribution >= 0.6 is 11.8 Å². The topological polar surface area (TPSA) is 100 Å². The van der Waals surface area contributed by atoms with E-state index in [0.717, 1.165) is 4.90 Å². The van der Waals surface area contributed by atoms with Crippen molar-refractivity contribution in [2.75, 3.05) is 18.6 Å². The summed E-state index contributed by atoms with van der Waals surface area (Å²) >= 11 is 1.44. The summed E-state index contributed by atoms with van der Waals surface area (Å²) in [4.78, 5) is 34.8. The molecule has 0 spiro atoms. The number of nitrogens with one attached hydrogen (secondary N) is 1. The zero-order valence-electron chi connectivity index (χ0n) is 16.4. The molecule has 0 unspecified atom stereocenters. The number of aromatic amines is 1. The van der Waals surface area contributed by atoms with Crippen LogP contribution in [-0.2, 0) is 16.4 Å². The number of amides is 1. The number of rotatable bonds is 5. The van der Waals surface area contributed by atoms with Crippen molar-refractivity contribution >= 4 is 38.4 Å². The lowest BCUT2D eigenvalue weighted by atomic mass is 10.2. The highest BCUT2D eigenvalue weighted by molar-refractivity contribution is 8.02. The fourth-order valence-corrected chi connectivity index (χ4v) is 7.11. The second-order valence-corrected chi connectivity index (χ2v) is 10.9. The van der Waals surface area contributed by atoms with Crippen LogP contribution in [0.15, 0.2) is 58.2 Å². The summed E-state index contributed by atoms with van der Waals surface area (Å²) in [6.07, 6.45) is 0.591. The van der Waals surface area contributed by atoms with Crippen molar-refractivity contribution in [3.63, 3.8) is 0 Å². The number of hydrogen-bond acceptors (Lipinski definition) is 6. The van der Waals surface area contributed by atoms with Crippen LogP contribution in [0.2, 0.25) is 0 Å². The Morgan fingerprint density at radius 2 is 1.93 bits per heavy atom. The van der Waals surface area contributed by atoms with Gasteiger partial charge in [0, 0.05) is 17.2 Å². The van der Waals surface area contributed by atoms with E-state index < -0.39 is 9.84 Å². The summed E-state index contributed by atoms with van der Waals surface area (Å²) in [5.41, 5.74) is 0.850. The molecule has 1 aliphatic rings. The van der Waals surface area contributed by atoms with Crippen molar-refractivity contribution < 1.29 is 13.2 Å². The van der Waals surface area contributed by atoms with Gasteiger partial charge in [-0.25, -0.2) is 13.4 Å². The fourth-order valence-electron chi connectivity index (χ4n) is 3.49. The smallest absolute Gasteiger partial charge is 0.258 e. The predicted octanol–water partition coefficient (Wildman–Crippen LogP) is 2.47. The SMILES string of the molecule is CN(Cc1nc2ccccc2c(=O)[nH]1)C(=O)c1ccccc1S[C@@H]1CCS(=O)(=O)C1. The van der Waals surface area contributed by atoms with Crippen LogP contribution in [-0.4, -0.2) is 53.0 Å². The molecule has 3 aromatic rings. The number of fused-ring (bicyclic) bond motifs is 1. The van der Waals surface area contributed by atoms with E-state index in [9.17, 15) is 18.0 Å². The van der Waals surface area contributed by atoms with Crippen LogP contribution in [0.1, 0.15) is 22.6 Å². The highest BCUT2D eigenvalue weighted by Gasteiger charge is 2.29. The van der Waals surface area contributed by atoms with Gasteiger partial charge in [0.05, 0.1) is 34.5 Å². The Balaban J connectivity index is 1.54. The number of carbonyl (C=O) groups excluding carboxylic acids is 1. The number of H-pyrrole nitrogens is 1. The van der Waals surface area contributed by atoms with E-state index >= 15 is 0 Å². The molecule has 7 nitrogen and oxygen atoms in total. The molecule has 0 bridgehead atoms. The molecule has 2 heterocycles. The average molecular weight is 444 g/mol. The van der Waals surface area contributed by atoms with Gasteiger partial charge in [-0.05, 0) is 30.7 Å². The van der Waals surface area contributed by atoms with Crippen molar-refractivity contribution in [3.8, 4) is 0 Å². The molecular weight excluding hydrogens is 422 g/mol.